The van der Waals surface area contributed by atoms with Crippen molar-refractivity contribution in [2.24, 2.45) is 0 Å². The summed E-state index contributed by atoms with van der Waals surface area (Å²) in [6, 6.07) is 15.3. The molecule has 1 heterocycles. The third kappa shape index (κ3) is 6.94. The van der Waals surface area contributed by atoms with Crippen molar-refractivity contribution in [3.8, 4) is 5.75 Å². The van der Waals surface area contributed by atoms with Crippen LogP contribution in [0.5, 0.6) is 5.75 Å². The molecule has 39 heavy (non-hydrogen) atoms. The molecule has 0 unspecified atom stereocenters. The largest absolute Gasteiger partial charge is 0.495 e. The fourth-order valence-corrected chi connectivity index (χ4v) is 4.38. The fourth-order valence-electron chi connectivity index (χ4n) is 4.38. The Morgan fingerprint density at radius 2 is 1.46 bits per heavy atom. The van der Waals surface area contributed by atoms with E-state index >= 15 is 0 Å². The molecule has 3 aromatic carbocycles. The number of nitrogens with one attached hydrogen (secondary N) is 3. The summed E-state index contributed by atoms with van der Waals surface area (Å²) in [5.74, 6) is -1.58. The van der Waals surface area contributed by atoms with Crippen LogP contribution in [-0.4, -0.2) is 65.5 Å². The van der Waals surface area contributed by atoms with Crippen molar-refractivity contribution in [3.05, 3.63) is 77.9 Å². The van der Waals surface area contributed by atoms with E-state index in [4.69, 9.17) is 9.47 Å². The zero-order valence-corrected chi connectivity index (χ0v) is 21.8. The minimum absolute atomic E-state index is 0.0912. The van der Waals surface area contributed by atoms with Gasteiger partial charge < -0.3 is 35.2 Å². The van der Waals surface area contributed by atoms with Gasteiger partial charge in [-0.3, -0.25) is 4.79 Å². The van der Waals surface area contributed by atoms with E-state index in [0.29, 0.717) is 37.5 Å². The van der Waals surface area contributed by atoms with Crippen molar-refractivity contribution in [1.82, 2.24) is 5.32 Å². The Bertz CT molecular complexity index is 1310. The van der Waals surface area contributed by atoms with Crippen molar-refractivity contribution < 1.29 is 27.8 Å². The summed E-state index contributed by atoms with van der Waals surface area (Å²) >= 11 is 0. The van der Waals surface area contributed by atoms with E-state index < -0.39 is 17.7 Å². The van der Waals surface area contributed by atoms with E-state index in [1.807, 2.05) is 24.3 Å². The molecular weight excluding hydrogens is 508 g/mol. The van der Waals surface area contributed by atoms with Gasteiger partial charge in [0, 0.05) is 63.0 Å². The summed E-state index contributed by atoms with van der Waals surface area (Å²) < 4.78 is 37.2. The van der Waals surface area contributed by atoms with Crippen molar-refractivity contribution in [2.75, 3.05) is 74.0 Å². The number of ether oxygens (including phenoxy) is 2. The van der Waals surface area contributed by atoms with E-state index in [-0.39, 0.29) is 11.6 Å². The number of benzene rings is 3. The maximum absolute atomic E-state index is 13.5. The summed E-state index contributed by atoms with van der Waals surface area (Å²) in [5, 5.41) is 7.94. The minimum Gasteiger partial charge on any atom is -0.495 e. The van der Waals surface area contributed by atoms with Gasteiger partial charge in [0.05, 0.1) is 25.0 Å². The highest BCUT2D eigenvalue weighted by atomic mass is 19.2. The SMILES string of the molecule is COCCNC(=O)c1cc(NC(=O)Nc2ccc(F)c(F)c2)ccc1N1CCN(c2ccccc2OC)CC1. The Hall–Kier alpha value is -4.38. The summed E-state index contributed by atoms with van der Waals surface area (Å²) in [4.78, 5) is 30.0. The Morgan fingerprint density at radius 3 is 2.13 bits per heavy atom. The molecule has 0 atom stereocenters. The first-order valence-electron chi connectivity index (χ1n) is 12.5. The molecule has 1 aliphatic heterocycles. The molecule has 0 bridgehead atoms. The van der Waals surface area contributed by atoms with E-state index in [1.54, 1.807) is 32.4 Å². The highest BCUT2D eigenvalue weighted by Crippen LogP contribution is 2.31. The quantitative estimate of drug-likeness (QED) is 0.351. The maximum Gasteiger partial charge on any atom is 0.323 e. The summed E-state index contributed by atoms with van der Waals surface area (Å²) in [5.41, 5.74) is 2.60. The van der Waals surface area contributed by atoms with Gasteiger partial charge in [0.2, 0.25) is 0 Å². The number of halogens is 2. The van der Waals surface area contributed by atoms with Crippen LogP contribution in [0.25, 0.3) is 0 Å². The first-order valence-corrected chi connectivity index (χ1v) is 12.5. The minimum atomic E-state index is -1.07. The number of carbonyl (C=O) groups is 2. The zero-order chi connectivity index (χ0) is 27.8. The van der Waals surface area contributed by atoms with Gasteiger partial charge in [-0.25, -0.2) is 13.6 Å². The molecule has 4 rings (SSSR count). The van der Waals surface area contributed by atoms with E-state index in [0.717, 1.165) is 42.3 Å². The second-order valence-corrected chi connectivity index (χ2v) is 8.83. The lowest BCUT2D eigenvalue weighted by atomic mass is 10.1. The van der Waals surface area contributed by atoms with Crippen LogP contribution in [0.15, 0.2) is 60.7 Å². The first kappa shape index (κ1) is 27.6. The highest BCUT2D eigenvalue weighted by Gasteiger charge is 2.24. The third-order valence-corrected chi connectivity index (χ3v) is 6.31. The number of amides is 3. The molecule has 9 nitrogen and oxygen atoms in total. The second kappa shape index (κ2) is 12.9. The monoisotopic (exact) mass is 539 g/mol. The number of methoxy groups -OCH3 is 2. The van der Waals surface area contributed by atoms with Crippen LogP contribution in [0.2, 0.25) is 0 Å². The van der Waals surface area contributed by atoms with Crippen molar-refractivity contribution in [1.29, 1.82) is 0 Å². The lowest BCUT2D eigenvalue weighted by Gasteiger charge is -2.38. The number of anilines is 4. The van der Waals surface area contributed by atoms with Crippen LogP contribution in [0.3, 0.4) is 0 Å². The Balaban J connectivity index is 1.50. The van der Waals surface area contributed by atoms with Crippen LogP contribution in [0.1, 0.15) is 10.4 Å². The number of para-hydroxylation sites is 2. The van der Waals surface area contributed by atoms with Gasteiger partial charge in [-0.1, -0.05) is 12.1 Å². The number of nitrogens with zero attached hydrogens (tertiary/aromatic N) is 2. The van der Waals surface area contributed by atoms with E-state index in [1.165, 1.54) is 6.07 Å². The van der Waals surface area contributed by atoms with Gasteiger partial charge in [-0.05, 0) is 42.5 Å². The van der Waals surface area contributed by atoms with Gasteiger partial charge in [0.1, 0.15) is 5.75 Å². The molecule has 1 saturated heterocycles. The van der Waals surface area contributed by atoms with Crippen molar-refractivity contribution in [3.63, 3.8) is 0 Å². The lowest BCUT2D eigenvalue weighted by molar-refractivity contribution is 0.0937. The van der Waals surface area contributed by atoms with Crippen LogP contribution in [0.4, 0.5) is 36.3 Å². The fraction of sp³-hybridized carbons (Fsp3) is 0.286. The number of rotatable bonds is 9. The van der Waals surface area contributed by atoms with Gasteiger partial charge in [0.15, 0.2) is 11.6 Å². The first-order chi connectivity index (χ1) is 18.9. The maximum atomic E-state index is 13.5. The van der Waals surface area contributed by atoms with Gasteiger partial charge in [0.25, 0.3) is 5.91 Å². The zero-order valence-electron chi connectivity index (χ0n) is 21.8. The Morgan fingerprint density at radius 1 is 0.821 bits per heavy atom. The number of urea groups is 1. The van der Waals surface area contributed by atoms with Crippen LogP contribution in [0, 0.1) is 11.6 Å². The van der Waals surface area contributed by atoms with Gasteiger partial charge >= 0.3 is 6.03 Å². The Labute approximate surface area is 225 Å². The number of piperazine rings is 1. The van der Waals surface area contributed by atoms with Crippen LogP contribution >= 0.6 is 0 Å². The van der Waals surface area contributed by atoms with Crippen molar-refractivity contribution in [2.45, 2.75) is 0 Å². The van der Waals surface area contributed by atoms with E-state index in [9.17, 15) is 18.4 Å². The molecule has 0 radical (unpaired) electrons. The average Bonchev–Trinajstić information content (AvgIpc) is 2.95. The molecular formula is C28H31F2N5O4. The van der Waals surface area contributed by atoms with Gasteiger partial charge in [-0.15, -0.1) is 0 Å². The molecule has 0 saturated carbocycles. The standard InChI is InChI=1S/C28H31F2N5O4/c1-38-16-11-31-27(36)21-17-19(32-28(37)33-20-7-9-22(29)23(30)18-20)8-10-24(21)34-12-14-35(15-13-34)25-5-3-4-6-26(25)39-2/h3-10,17-18H,11-16H2,1-2H3,(H,31,36)(H2,32,33,37). The van der Waals surface area contributed by atoms with Crippen LogP contribution < -0.4 is 30.5 Å². The normalized spacial score (nSPS) is 13.1. The molecule has 3 N–H and O–H groups in total. The number of carbonyl (C=O) groups excluding carboxylic acids is 2. The molecule has 0 aliphatic carbocycles. The topological polar surface area (TPSA) is 95.2 Å². The molecule has 11 heteroatoms. The van der Waals surface area contributed by atoms with E-state index in [2.05, 4.69) is 25.8 Å². The third-order valence-electron chi connectivity index (χ3n) is 6.31. The smallest absolute Gasteiger partial charge is 0.323 e. The van der Waals surface area contributed by atoms with Crippen LogP contribution in [-0.2, 0) is 4.74 Å². The predicted molar refractivity (Wildman–Crippen MR) is 147 cm³/mol. The number of hydrogen-bond donors (Lipinski definition) is 3. The second-order valence-electron chi connectivity index (χ2n) is 8.83. The lowest BCUT2D eigenvalue weighted by Crippen LogP contribution is -2.47. The number of hydrogen-bond acceptors (Lipinski definition) is 6. The average molecular weight is 540 g/mol. The highest BCUT2D eigenvalue weighted by molar-refractivity contribution is 6.04. The molecule has 206 valence electrons. The molecule has 1 aliphatic rings. The summed E-state index contributed by atoms with van der Waals surface area (Å²) in [6.45, 7) is 3.46. The summed E-state index contributed by atoms with van der Waals surface area (Å²) in [6.07, 6.45) is 0. The molecule has 3 amide bonds. The predicted octanol–water partition coefficient (Wildman–Crippen LogP) is 4.32. The Kier molecular flexibility index (Phi) is 9.16. The van der Waals surface area contributed by atoms with Crippen molar-refractivity contribution >= 4 is 34.7 Å². The molecule has 0 spiro atoms. The molecule has 1 fully saturated rings. The van der Waals surface area contributed by atoms with Gasteiger partial charge in [-0.2, -0.15) is 0 Å². The molecule has 0 aromatic heterocycles. The summed E-state index contributed by atoms with van der Waals surface area (Å²) in [7, 11) is 3.20. The molecule has 3 aromatic rings.